The van der Waals surface area contributed by atoms with Crippen LogP contribution in [-0.4, -0.2) is 20.7 Å². The van der Waals surface area contributed by atoms with E-state index in [9.17, 15) is 0 Å². The Labute approximate surface area is 112 Å². The number of likely N-dealkylation sites (N-methyl/N-ethyl adjacent to an activating group) is 1. The maximum absolute atomic E-state index is 6.19. The average molecular weight is 262 g/mol. The van der Waals surface area contributed by atoms with Gasteiger partial charge in [0, 0.05) is 30.2 Å². The summed E-state index contributed by atoms with van der Waals surface area (Å²) in [6.07, 6.45) is 0. The van der Waals surface area contributed by atoms with Gasteiger partial charge in [-0.05, 0) is 23.6 Å². The zero-order chi connectivity index (χ0) is 13.0. The lowest BCUT2D eigenvalue weighted by atomic mass is 10.2. The molecular weight excluding hydrogens is 244 g/mol. The number of rotatable bonds is 5. The number of benzene rings is 1. The highest BCUT2D eigenvalue weighted by Crippen LogP contribution is 2.23. The summed E-state index contributed by atoms with van der Waals surface area (Å²) in [5, 5.41) is 2.06. The Hall–Kier alpha value is -1.52. The molecular formula is C14H18N2OS. The number of hydrogen-bond donors (Lipinski definition) is 1. The number of thiophene rings is 1. The molecule has 0 spiro atoms. The fourth-order valence-corrected chi connectivity index (χ4v) is 2.56. The van der Waals surface area contributed by atoms with Gasteiger partial charge < -0.3 is 15.4 Å². The molecule has 18 heavy (non-hydrogen) atoms. The van der Waals surface area contributed by atoms with Crippen LogP contribution in [0, 0.1) is 0 Å². The Morgan fingerprint density at radius 2 is 2.17 bits per heavy atom. The molecule has 1 aromatic carbocycles. The van der Waals surface area contributed by atoms with Gasteiger partial charge in [-0.3, -0.25) is 0 Å². The van der Waals surface area contributed by atoms with Gasteiger partial charge in [0.2, 0.25) is 0 Å². The minimum absolute atomic E-state index is 0.0428. The van der Waals surface area contributed by atoms with E-state index >= 15 is 0 Å². The second kappa shape index (κ2) is 5.89. The molecule has 0 saturated carbocycles. The summed E-state index contributed by atoms with van der Waals surface area (Å²) in [7, 11) is 3.72. The first kappa shape index (κ1) is 12.9. The molecule has 0 amide bonds. The molecule has 4 heteroatoms. The minimum Gasteiger partial charge on any atom is -0.497 e. The molecule has 1 atom stereocenters. The molecule has 1 unspecified atom stereocenters. The summed E-state index contributed by atoms with van der Waals surface area (Å²) >= 11 is 1.70. The van der Waals surface area contributed by atoms with E-state index in [0.29, 0.717) is 0 Å². The molecule has 3 nitrogen and oxygen atoms in total. The second-order valence-electron chi connectivity index (χ2n) is 4.20. The lowest BCUT2D eigenvalue weighted by Crippen LogP contribution is -2.28. The van der Waals surface area contributed by atoms with Gasteiger partial charge in [-0.2, -0.15) is 0 Å². The van der Waals surface area contributed by atoms with Crippen molar-refractivity contribution in [2.24, 2.45) is 5.73 Å². The number of methoxy groups -OCH3 is 1. The van der Waals surface area contributed by atoms with Crippen LogP contribution in [0.3, 0.4) is 0 Å². The van der Waals surface area contributed by atoms with Crippen molar-refractivity contribution in [1.29, 1.82) is 0 Å². The third-order valence-electron chi connectivity index (χ3n) is 2.87. The molecule has 0 aliphatic heterocycles. The highest BCUT2D eigenvalue weighted by Gasteiger charge is 2.11. The Morgan fingerprint density at radius 1 is 1.33 bits per heavy atom. The Balaban J connectivity index is 2.04. The average Bonchev–Trinajstić information content (AvgIpc) is 2.92. The van der Waals surface area contributed by atoms with Crippen LogP contribution in [0.15, 0.2) is 41.8 Å². The van der Waals surface area contributed by atoms with Gasteiger partial charge in [0.1, 0.15) is 5.75 Å². The molecule has 1 heterocycles. The van der Waals surface area contributed by atoms with Gasteiger partial charge in [-0.1, -0.05) is 12.1 Å². The summed E-state index contributed by atoms with van der Waals surface area (Å²) < 4.78 is 5.23. The summed E-state index contributed by atoms with van der Waals surface area (Å²) in [5.74, 6) is 0.865. The van der Waals surface area contributed by atoms with Gasteiger partial charge in [-0.25, -0.2) is 0 Å². The molecule has 0 aliphatic rings. The predicted molar refractivity (Wildman–Crippen MR) is 77.5 cm³/mol. The van der Waals surface area contributed by atoms with Crippen molar-refractivity contribution < 1.29 is 4.74 Å². The molecule has 96 valence electrons. The zero-order valence-electron chi connectivity index (χ0n) is 10.7. The topological polar surface area (TPSA) is 38.5 Å². The number of nitrogens with two attached hydrogens (primary N) is 1. The van der Waals surface area contributed by atoms with E-state index in [1.165, 1.54) is 4.88 Å². The highest BCUT2D eigenvalue weighted by atomic mass is 32.1. The fourth-order valence-electron chi connectivity index (χ4n) is 1.84. The summed E-state index contributed by atoms with van der Waals surface area (Å²) in [6, 6.07) is 12.2. The van der Waals surface area contributed by atoms with Crippen molar-refractivity contribution >= 4 is 17.0 Å². The highest BCUT2D eigenvalue weighted by molar-refractivity contribution is 7.10. The van der Waals surface area contributed by atoms with Crippen molar-refractivity contribution in [3.63, 3.8) is 0 Å². The second-order valence-corrected chi connectivity index (χ2v) is 5.18. The lowest BCUT2D eigenvalue weighted by molar-refractivity contribution is 0.415. The van der Waals surface area contributed by atoms with Crippen molar-refractivity contribution in [1.82, 2.24) is 0 Å². The van der Waals surface area contributed by atoms with E-state index in [0.717, 1.165) is 18.0 Å². The van der Waals surface area contributed by atoms with Crippen LogP contribution < -0.4 is 15.4 Å². The molecule has 0 fully saturated rings. The van der Waals surface area contributed by atoms with Crippen LogP contribution in [0.4, 0.5) is 5.69 Å². The number of anilines is 1. The van der Waals surface area contributed by atoms with E-state index < -0.39 is 0 Å². The van der Waals surface area contributed by atoms with E-state index in [1.54, 1.807) is 18.4 Å². The number of nitrogens with zero attached hydrogens (tertiary/aromatic N) is 1. The molecule has 1 aromatic heterocycles. The van der Waals surface area contributed by atoms with Crippen LogP contribution in [0.5, 0.6) is 5.75 Å². The zero-order valence-corrected chi connectivity index (χ0v) is 11.5. The van der Waals surface area contributed by atoms with Crippen molar-refractivity contribution in [3.05, 3.63) is 46.7 Å². The standard InChI is InChI=1S/C14H18N2OS/c1-16(10-13(15)14-7-4-8-18-14)11-5-3-6-12(9-11)17-2/h3-9,13H,10,15H2,1-2H3. The van der Waals surface area contributed by atoms with Crippen LogP contribution in [0.1, 0.15) is 10.9 Å². The van der Waals surface area contributed by atoms with Crippen LogP contribution in [0.2, 0.25) is 0 Å². The first-order valence-electron chi connectivity index (χ1n) is 5.85. The summed E-state index contributed by atoms with van der Waals surface area (Å²) in [5.41, 5.74) is 7.30. The Morgan fingerprint density at radius 3 is 2.83 bits per heavy atom. The van der Waals surface area contributed by atoms with Crippen LogP contribution in [0.25, 0.3) is 0 Å². The summed E-state index contributed by atoms with van der Waals surface area (Å²) in [4.78, 5) is 3.36. The monoisotopic (exact) mass is 262 g/mol. The van der Waals surface area contributed by atoms with Gasteiger partial charge in [0.05, 0.1) is 13.2 Å². The van der Waals surface area contributed by atoms with E-state index in [-0.39, 0.29) is 6.04 Å². The minimum atomic E-state index is 0.0428. The van der Waals surface area contributed by atoms with Crippen LogP contribution >= 0.6 is 11.3 Å². The van der Waals surface area contributed by atoms with Crippen molar-refractivity contribution in [3.8, 4) is 5.75 Å². The first-order chi connectivity index (χ1) is 8.70. The smallest absolute Gasteiger partial charge is 0.120 e. The molecule has 0 aliphatic carbocycles. The van der Waals surface area contributed by atoms with Gasteiger partial charge >= 0.3 is 0 Å². The number of hydrogen-bond acceptors (Lipinski definition) is 4. The van der Waals surface area contributed by atoms with Gasteiger partial charge in [0.15, 0.2) is 0 Å². The van der Waals surface area contributed by atoms with Gasteiger partial charge in [-0.15, -0.1) is 11.3 Å². The van der Waals surface area contributed by atoms with E-state index in [2.05, 4.69) is 22.4 Å². The molecule has 2 aromatic rings. The number of ether oxygens (including phenoxy) is 1. The SMILES string of the molecule is COc1cccc(N(C)CC(N)c2cccs2)c1. The third-order valence-corrected chi connectivity index (χ3v) is 3.88. The normalized spacial score (nSPS) is 12.2. The van der Waals surface area contributed by atoms with Gasteiger partial charge in [0.25, 0.3) is 0 Å². The van der Waals surface area contributed by atoms with E-state index in [4.69, 9.17) is 10.5 Å². The predicted octanol–water partition coefficient (Wildman–Crippen LogP) is 2.89. The molecule has 0 saturated heterocycles. The lowest BCUT2D eigenvalue weighted by Gasteiger charge is -2.23. The largest absolute Gasteiger partial charge is 0.497 e. The Kier molecular flexibility index (Phi) is 4.23. The first-order valence-corrected chi connectivity index (χ1v) is 6.73. The van der Waals surface area contributed by atoms with Crippen LogP contribution in [-0.2, 0) is 0 Å². The molecule has 0 radical (unpaired) electrons. The van der Waals surface area contributed by atoms with Crippen molar-refractivity contribution in [2.45, 2.75) is 6.04 Å². The quantitative estimate of drug-likeness (QED) is 0.900. The Bertz CT molecular complexity index is 484. The third kappa shape index (κ3) is 3.03. The molecule has 2 rings (SSSR count). The molecule has 0 bridgehead atoms. The fraction of sp³-hybridized carbons (Fsp3) is 0.286. The summed E-state index contributed by atoms with van der Waals surface area (Å²) in [6.45, 7) is 0.785. The maximum atomic E-state index is 6.19. The van der Waals surface area contributed by atoms with Crippen molar-refractivity contribution in [2.75, 3.05) is 25.6 Å². The molecule has 2 N–H and O–H groups in total. The maximum Gasteiger partial charge on any atom is 0.120 e. The van der Waals surface area contributed by atoms with E-state index in [1.807, 2.05) is 31.3 Å².